The van der Waals surface area contributed by atoms with Crippen LogP contribution >= 0.6 is 11.6 Å². The number of ether oxygens (including phenoxy) is 2. The lowest BCUT2D eigenvalue weighted by Crippen LogP contribution is -2.50. The maximum absolute atomic E-state index is 14.4. The highest BCUT2D eigenvalue weighted by Crippen LogP contribution is 2.53. The van der Waals surface area contributed by atoms with Crippen molar-refractivity contribution in [3.8, 4) is 0 Å². The number of likely N-dealkylation sites (tertiary alicyclic amines) is 1. The highest BCUT2D eigenvalue weighted by Gasteiger charge is 2.55. The fourth-order valence-corrected chi connectivity index (χ4v) is 6.20. The van der Waals surface area contributed by atoms with E-state index in [4.69, 9.17) is 21.1 Å². The van der Waals surface area contributed by atoms with E-state index in [9.17, 15) is 14.4 Å². The molecule has 1 aliphatic carbocycles. The summed E-state index contributed by atoms with van der Waals surface area (Å²) in [6.45, 7) is 6.20. The van der Waals surface area contributed by atoms with Crippen molar-refractivity contribution in [2.75, 3.05) is 13.2 Å². The summed E-state index contributed by atoms with van der Waals surface area (Å²) in [4.78, 5) is 43.9. The Kier molecular flexibility index (Phi) is 7.16. The van der Waals surface area contributed by atoms with Gasteiger partial charge in [-0.3, -0.25) is 4.79 Å². The number of nitrogens with zero attached hydrogens (tertiary/aromatic N) is 2. The minimum absolute atomic E-state index is 0.0263. The summed E-state index contributed by atoms with van der Waals surface area (Å²) in [5.41, 5.74) is 1.03. The molecule has 0 N–H and O–H groups in total. The van der Waals surface area contributed by atoms with E-state index in [1.54, 1.807) is 17.0 Å². The van der Waals surface area contributed by atoms with Crippen molar-refractivity contribution >= 4 is 29.7 Å². The van der Waals surface area contributed by atoms with Crippen molar-refractivity contribution in [3.05, 3.63) is 70.7 Å². The summed E-state index contributed by atoms with van der Waals surface area (Å²) in [5.74, 6) is -1.12. The number of carbonyl (C=O) groups excluding carboxylic acids is 3. The largest absolute Gasteiger partial charge is 0.447 e. The van der Waals surface area contributed by atoms with Crippen LogP contribution in [0.4, 0.5) is 9.59 Å². The molecule has 0 aromatic heterocycles. The van der Waals surface area contributed by atoms with Gasteiger partial charge >= 0.3 is 12.2 Å². The van der Waals surface area contributed by atoms with Crippen LogP contribution in [-0.2, 0) is 20.7 Å². The predicted molar refractivity (Wildman–Crippen MR) is 144 cm³/mol. The third kappa shape index (κ3) is 5.39. The molecule has 2 aliphatic heterocycles. The third-order valence-corrected chi connectivity index (χ3v) is 8.24. The van der Waals surface area contributed by atoms with Gasteiger partial charge in [-0.05, 0) is 75.1 Å². The van der Waals surface area contributed by atoms with Crippen molar-refractivity contribution in [3.63, 3.8) is 0 Å². The Balaban J connectivity index is 1.51. The minimum Gasteiger partial charge on any atom is -0.447 e. The second-order valence-electron chi connectivity index (χ2n) is 11.9. The van der Waals surface area contributed by atoms with Gasteiger partial charge in [-0.2, -0.15) is 0 Å². The Morgan fingerprint density at radius 2 is 1.79 bits per heavy atom. The van der Waals surface area contributed by atoms with Crippen LogP contribution in [-0.4, -0.2) is 58.7 Å². The van der Waals surface area contributed by atoms with Gasteiger partial charge in [-0.15, -0.1) is 0 Å². The second-order valence-corrected chi connectivity index (χ2v) is 12.3. The van der Waals surface area contributed by atoms with Gasteiger partial charge < -0.3 is 14.4 Å². The maximum Gasteiger partial charge on any atom is 0.417 e. The molecule has 2 aromatic carbocycles. The zero-order valence-electron chi connectivity index (χ0n) is 22.2. The molecule has 0 bridgehead atoms. The minimum atomic E-state index is -0.760. The Bertz CT molecular complexity index is 1190. The van der Waals surface area contributed by atoms with E-state index in [1.165, 1.54) is 4.90 Å². The number of rotatable bonds is 5. The lowest BCUT2D eigenvalue weighted by atomic mass is 9.66. The molecule has 7 nitrogen and oxygen atoms in total. The molecule has 0 unspecified atom stereocenters. The molecular weight excluding hydrogens is 504 g/mol. The van der Waals surface area contributed by atoms with E-state index >= 15 is 0 Å². The standard InChI is InChI=1S/C30H35ClN2O5/c1-29(2,3)38-27(35)32-19-30(14-7-15-30)17-24(32)25(21-10-12-22(31)13-11-21)26(34)33-23(18-37-28(33)36)16-20-8-5-4-6-9-20/h4-6,8-13,23-25H,7,14-19H2,1-3H3/t23-,24-,25-/m0/s1. The first kappa shape index (κ1) is 26.5. The number of imide groups is 1. The Labute approximate surface area is 229 Å². The summed E-state index contributed by atoms with van der Waals surface area (Å²) >= 11 is 6.19. The fraction of sp³-hybridized carbons (Fsp3) is 0.500. The van der Waals surface area contributed by atoms with Crippen LogP contribution in [0.2, 0.25) is 5.02 Å². The fourth-order valence-electron chi connectivity index (χ4n) is 6.07. The van der Waals surface area contributed by atoms with Crippen molar-refractivity contribution in [2.24, 2.45) is 5.41 Å². The first-order chi connectivity index (χ1) is 18.1. The molecule has 2 heterocycles. The Hall–Kier alpha value is -3.06. The smallest absolute Gasteiger partial charge is 0.417 e. The van der Waals surface area contributed by atoms with Crippen LogP contribution in [0, 0.1) is 5.41 Å². The number of halogens is 1. The molecule has 2 saturated heterocycles. The number of cyclic esters (lactones) is 1. The first-order valence-corrected chi connectivity index (χ1v) is 13.7. The number of hydrogen-bond acceptors (Lipinski definition) is 5. The van der Waals surface area contributed by atoms with Crippen LogP contribution in [0.5, 0.6) is 0 Å². The van der Waals surface area contributed by atoms with Crippen molar-refractivity contribution in [1.29, 1.82) is 0 Å². The van der Waals surface area contributed by atoms with Gasteiger partial charge in [0, 0.05) is 11.6 Å². The Morgan fingerprint density at radius 1 is 1.11 bits per heavy atom. The predicted octanol–water partition coefficient (Wildman–Crippen LogP) is 6.19. The number of benzene rings is 2. The van der Waals surface area contributed by atoms with Gasteiger partial charge in [-0.1, -0.05) is 60.5 Å². The second kappa shape index (κ2) is 10.3. The summed E-state index contributed by atoms with van der Waals surface area (Å²) < 4.78 is 11.2. The highest BCUT2D eigenvalue weighted by molar-refractivity contribution is 6.30. The monoisotopic (exact) mass is 538 g/mol. The lowest BCUT2D eigenvalue weighted by Gasteiger charge is -2.38. The van der Waals surface area contributed by atoms with Gasteiger partial charge in [0.25, 0.3) is 0 Å². The number of hydrogen-bond donors (Lipinski definition) is 0. The summed E-state index contributed by atoms with van der Waals surface area (Å²) in [6, 6.07) is 16.0. The molecule has 3 aliphatic rings. The molecule has 2 aromatic rings. The molecule has 3 atom stereocenters. The zero-order chi connectivity index (χ0) is 27.1. The molecule has 8 heteroatoms. The number of carbonyl (C=O) groups is 3. The van der Waals surface area contributed by atoms with Crippen molar-refractivity contribution in [1.82, 2.24) is 9.80 Å². The van der Waals surface area contributed by atoms with Crippen LogP contribution in [0.15, 0.2) is 54.6 Å². The van der Waals surface area contributed by atoms with E-state index in [0.29, 0.717) is 30.0 Å². The molecule has 202 valence electrons. The maximum atomic E-state index is 14.4. The molecule has 1 spiro atoms. The summed E-state index contributed by atoms with van der Waals surface area (Å²) in [6.07, 6.45) is 3.22. The van der Waals surface area contributed by atoms with E-state index in [2.05, 4.69) is 0 Å². The zero-order valence-corrected chi connectivity index (χ0v) is 22.9. The van der Waals surface area contributed by atoms with Crippen LogP contribution in [0.25, 0.3) is 0 Å². The van der Waals surface area contributed by atoms with Crippen molar-refractivity contribution < 1.29 is 23.9 Å². The van der Waals surface area contributed by atoms with E-state index < -0.39 is 35.8 Å². The molecular formula is C30H35ClN2O5. The van der Waals surface area contributed by atoms with Crippen LogP contribution in [0.3, 0.4) is 0 Å². The quantitative estimate of drug-likeness (QED) is 0.453. The molecule has 1 saturated carbocycles. The Morgan fingerprint density at radius 3 is 2.39 bits per heavy atom. The first-order valence-electron chi connectivity index (χ1n) is 13.3. The average Bonchev–Trinajstić information content (AvgIpc) is 3.41. The van der Waals surface area contributed by atoms with E-state index in [0.717, 1.165) is 24.8 Å². The molecule has 0 radical (unpaired) electrons. The van der Waals surface area contributed by atoms with Gasteiger partial charge in [0.15, 0.2) is 0 Å². The molecule has 3 amide bonds. The molecule has 38 heavy (non-hydrogen) atoms. The topological polar surface area (TPSA) is 76.2 Å². The summed E-state index contributed by atoms with van der Waals surface area (Å²) in [7, 11) is 0. The third-order valence-electron chi connectivity index (χ3n) is 7.98. The van der Waals surface area contributed by atoms with Crippen LogP contribution < -0.4 is 0 Å². The number of amides is 3. The lowest BCUT2D eigenvalue weighted by molar-refractivity contribution is -0.132. The van der Waals surface area contributed by atoms with Crippen LogP contribution in [0.1, 0.15) is 63.5 Å². The van der Waals surface area contributed by atoms with Gasteiger partial charge in [0.1, 0.15) is 12.2 Å². The van der Waals surface area contributed by atoms with E-state index in [-0.39, 0.29) is 17.9 Å². The highest BCUT2D eigenvalue weighted by atomic mass is 35.5. The average molecular weight is 539 g/mol. The van der Waals surface area contributed by atoms with Crippen molar-refractivity contribution in [2.45, 2.75) is 76.5 Å². The van der Waals surface area contributed by atoms with Gasteiger partial charge in [-0.25, -0.2) is 14.5 Å². The normalized spacial score (nSPS) is 23.2. The molecule has 3 fully saturated rings. The molecule has 5 rings (SSSR count). The van der Waals surface area contributed by atoms with Gasteiger partial charge in [0.2, 0.25) is 5.91 Å². The van der Waals surface area contributed by atoms with Gasteiger partial charge in [0.05, 0.1) is 18.0 Å². The SMILES string of the molecule is CC(C)(C)OC(=O)N1CC2(CCC2)C[C@H]1[C@@H](C(=O)N1C(=O)OC[C@@H]1Cc1ccccc1)c1ccc(Cl)cc1. The van der Waals surface area contributed by atoms with E-state index in [1.807, 2.05) is 63.2 Å². The summed E-state index contributed by atoms with van der Waals surface area (Å²) in [5, 5.41) is 0.549.